The van der Waals surface area contributed by atoms with Crippen molar-refractivity contribution >= 4 is 15.9 Å². The Labute approximate surface area is 119 Å². The van der Waals surface area contributed by atoms with Crippen molar-refractivity contribution in [2.45, 2.75) is 58.0 Å². The molecule has 1 fully saturated rings. The lowest BCUT2D eigenvalue weighted by atomic mass is 10.0. The summed E-state index contributed by atoms with van der Waals surface area (Å²) in [5, 5.41) is 3.83. The zero-order valence-electron chi connectivity index (χ0n) is 11.5. The molecule has 1 aromatic rings. The van der Waals surface area contributed by atoms with Crippen molar-refractivity contribution in [1.82, 2.24) is 5.32 Å². The predicted molar refractivity (Wildman–Crippen MR) is 81.9 cm³/mol. The smallest absolute Gasteiger partial charge is 0.0175 e. The van der Waals surface area contributed by atoms with E-state index in [4.69, 9.17) is 0 Å². The molecule has 1 aliphatic rings. The van der Waals surface area contributed by atoms with Crippen LogP contribution in [0.1, 0.15) is 45.1 Å². The highest BCUT2D eigenvalue weighted by molar-refractivity contribution is 9.10. The molecule has 0 amide bonds. The highest BCUT2D eigenvalue weighted by atomic mass is 79.9. The first-order valence-corrected chi connectivity index (χ1v) is 7.99. The number of rotatable bonds is 7. The summed E-state index contributed by atoms with van der Waals surface area (Å²) in [6, 6.07) is 10.0. The van der Waals surface area contributed by atoms with Gasteiger partial charge in [-0.2, -0.15) is 0 Å². The maximum absolute atomic E-state index is 3.83. The summed E-state index contributed by atoms with van der Waals surface area (Å²) in [5.41, 5.74) is 1.42. The number of hydrogen-bond acceptors (Lipinski definition) is 1. The third-order valence-electron chi connectivity index (χ3n) is 3.74. The van der Waals surface area contributed by atoms with Crippen molar-refractivity contribution < 1.29 is 0 Å². The van der Waals surface area contributed by atoms with Crippen molar-refractivity contribution in [3.8, 4) is 0 Å². The molecule has 1 N–H and O–H groups in total. The topological polar surface area (TPSA) is 12.0 Å². The van der Waals surface area contributed by atoms with Crippen LogP contribution in [0, 0.1) is 5.92 Å². The van der Waals surface area contributed by atoms with Gasteiger partial charge in [-0.15, -0.1) is 0 Å². The maximum Gasteiger partial charge on any atom is 0.0175 e. The molecule has 100 valence electrons. The molecule has 18 heavy (non-hydrogen) atoms. The van der Waals surface area contributed by atoms with E-state index in [0.717, 1.165) is 22.9 Å². The Morgan fingerprint density at radius 2 is 1.94 bits per heavy atom. The van der Waals surface area contributed by atoms with Gasteiger partial charge in [0.05, 0.1) is 0 Å². The molecule has 0 bridgehead atoms. The molecule has 0 spiro atoms. The minimum absolute atomic E-state index is 0.573. The molecule has 0 aliphatic heterocycles. The Bertz CT molecular complexity index is 356. The lowest BCUT2D eigenvalue weighted by Gasteiger charge is -2.23. The summed E-state index contributed by atoms with van der Waals surface area (Å²) >= 11 is 3.48. The van der Waals surface area contributed by atoms with Crippen LogP contribution in [-0.2, 0) is 6.42 Å². The molecule has 2 heteroatoms. The molecule has 2 rings (SSSR count). The zero-order valence-corrected chi connectivity index (χ0v) is 13.0. The minimum Gasteiger partial charge on any atom is -0.311 e. The second kappa shape index (κ2) is 6.72. The number of halogens is 1. The number of benzene rings is 1. The zero-order chi connectivity index (χ0) is 13.0. The van der Waals surface area contributed by atoms with Gasteiger partial charge in [0.25, 0.3) is 0 Å². The number of nitrogens with one attached hydrogen (secondary N) is 1. The first kappa shape index (κ1) is 14.1. The fraction of sp³-hybridized carbons (Fsp3) is 0.625. The first-order valence-electron chi connectivity index (χ1n) is 7.19. The molecule has 1 aliphatic carbocycles. The minimum atomic E-state index is 0.573. The lowest BCUT2D eigenvalue weighted by Crippen LogP contribution is -2.39. The van der Waals surface area contributed by atoms with Gasteiger partial charge in [-0.1, -0.05) is 41.4 Å². The highest BCUT2D eigenvalue weighted by Gasteiger charge is 2.30. The van der Waals surface area contributed by atoms with Crippen molar-refractivity contribution in [2.24, 2.45) is 5.92 Å². The van der Waals surface area contributed by atoms with Crippen molar-refractivity contribution in [2.75, 3.05) is 0 Å². The Morgan fingerprint density at radius 1 is 1.28 bits per heavy atom. The summed E-state index contributed by atoms with van der Waals surface area (Å²) in [7, 11) is 0. The van der Waals surface area contributed by atoms with Crippen molar-refractivity contribution in [3.05, 3.63) is 34.3 Å². The van der Waals surface area contributed by atoms with Crippen LogP contribution in [0.3, 0.4) is 0 Å². The second-order valence-electron chi connectivity index (χ2n) is 5.63. The van der Waals surface area contributed by atoms with E-state index in [1.165, 1.54) is 31.2 Å². The average Bonchev–Trinajstić information content (AvgIpc) is 3.16. The molecule has 2 atom stereocenters. The van der Waals surface area contributed by atoms with Crippen molar-refractivity contribution in [3.63, 3.8) is 0 Å². The normalized spacial score (nSPS) is 18.6. The van der Waals surface area contributed by atoms with Gasteiger partial charge in [0.2, 0.25) is 0 Å². The van der Waals surface area contributed by atoms with E-state index in [2.05, 4.69) is 59.4 Å². The summed E-state index contributed by atoms with van der Waals surface area (Å²) in [4.78, 5) is 0. The van der Waals surface area contributed by atoms with Crippen LogP contribution in [0.2, 0.25) is 0 Å². The third kappa shape index (κ3) is 4.40. The van der Waals surface area contributed by atoms with Crippen molar-refractivity contribution in [1.29, 1.82) is 0 Å². The van der Waals surface area contributed by atoms with E-state index in [1.807, 2.05) is 0 Å². The fourth-order valence-electron chi connectivity index (χ4n) is 2.66. The Hall–Kier alpha value is -0.340. The predicted octanol–water partition coefficient (Wildman–Crippen LogP) is 4.55. The molecular weight excluding hydrogens is 286 g/mol. The highest BCUT2D eigenvalue weighted by Crippen LogP contribution is 2.34. The Balaban J connectivity index is 1.83. The fourth-order valence-corrected chi connectivity index (χ4v) is 2.93. The van der Waals surface area contributed by atoms with Gasteiger partial charge < -0.3 is 5.32 Å². The van der Waals surface area contributed by atoms with Crippen LogP contribution in [0.4, 0.5) is 0 Å². The van der Waals surface area contributed by atoms with E-state index in [0.29, 0.717) is 6.04 Å². The van der Waals surface area contributed by atoms with Gasteiger partial charge in [0, 0.05) is 16.6 Å². The summed E-state index contributed by atoms with van der Waals surface area (Å²) in [6.07, 6.45) is 6.61. The van der Waals surface area contributed by atoms with Crippen LogP contribution < -0.4 is 5.32 Å². The maximum atomic E-state index is 3.83. The second-order valence-corrected chi connectivity index (χ2v) is 6.55. The number of hydrogen-bond donors (Lipinski definition) is 1. The quantitative estimate of drug-likeness (QED) is 0.779. The van der Waals surface area contributed by atoms with Gasteiger partial charge in [-0.25, -0.2) is 0 Å². The van der Waals surface area contributed by atoms with E-state index < -0.39 is 0 Å². The molecule has 1 saturated carbocycles. The molecule has 1 nitrogen and oxygen atoms in total. The van der Waals surface area contributed by atoms with Crippen LogP contribution in [-0.4, -0.2) is 12.1 Å². The van der Waals surface area contributed by atoms with Crippen LogP contribution in [0.25, 0.3) is 0 Å². The molecular formula is C16H24BrN. The van der Waals surface area contributed by atoms with Crippen LogP contribution in [0.15, 0.2) is 28.7 Å². The molecule has 1 aromatic carbocycles. The van der Waals surface area contributed by atoms with E-state index >= 15 is 0 Å². The third-order valence-corrected chi connectivity index (χ3v) is 4.27. The van der Waals surface area contributed by atoms with Gasteiger partial charge >= 0.3 is 0 Å². The van der Waals surface area contributed by atoms with Crippen LogP contribution >= 0.6 is 15.9 Å². The Morgan fingerprint density at radius 3 is 2.50 bits per heavy atom. The SMILES string of the molecule is CCCC(NC(C)Cc1ccc(Br)cc1)C1CC1. The molecule has 0 saturated heterocycles. The van der Waals surface area contributed by atoms with E-state index in [1.54, 1.807) is 0 Å². The van der Waals surface area contributed by atoms with Crippen LogP contribution in [0.5, 0.6) is 0 Å². The molecule has 0 aromatic heterocycles. The average molecular weight is 310 g/mol. The standard InChI is InChI=1S/C16H24BrN/c1-3-4-16(14-7-8-14)18-12(2)11-13-5-9-15(17)10-6-13/h5-6,9-10,12,14,16,18H,3-4,7-8,11H2,1-2H3. The molecule has 2 unspecified atom stereocenters. The first-order chi connectivity index (χ1) is 8.69. The molecule has 0 radical (unpaired) electrons. The largest absolute Gasteiger partial charge is 0.311 e. The van der Waals surface area contributed by atoms with E-state index in [-0.39, 0.29) is 0 Å². The van der Waals surface area contributed by atoms with Gasteiger partial charge in [-0.05, 0) is 56.2 Å². The summed E-state index contributed by atoms with van der Waals surface area (Å²) in [5.74, 6) is 0.956. The Kier molecular flexibility index (Phi) is 5.25. The lowest BCUT2D eigenvalue weighted by molar-refractivity contribution is 0.383. The van der Waals surface area contributed by atoms with Gasteiger partial charge in [-0.3, -0.25) is 0 Å². The van der Waals surface area contributed by atoms with Gasteiger partial charge in [0.15, 0.2) is 0 Å². The summed E-state index contributed by atoms with van der Waals surface area (Å²) in [6.45, 7) is 4.60. The molecule has 0 heterocycles. The van der Waals surface area contributed by atoms with E-state index in [9.17, 15) is 0 Å². The summed E-state index contributed by atoms with van der Waals surface area (Å²) < 4.78 is 1.16. The van der Waals surface area contributed by atoms with Gasteiger partial charge in [0.1, 0.15) is 0 Å². The monoisotopic (exact) mass is 309 g/mol.